The maximum atomic E-state index is 12.6. The highest BCUT2D eigenvalue weighted by Crippen LogP contribution is 2.23. The highest BCUT2D eigenvalue weighted by atomic mass is 32.2. The second-order valence-corrected chi connectivity index (χ2v) is 6.39. The molecule has 2 aromatic rings. The third-order valence-electron chi connectivity index (χ3n) is 3.47. The minimum atomic E-state index is -0.178. The number of carbonyl (C=O) groups is 1. The average molecular weight is 346 g/mol. The molecule has 0 saturated carbocycles. The fourth-order valence-corrected chi connectivity index (χ4v) is 2.81. The van der Waals surface area contributed by atoms with E-state index in [1.54, 1.807) is 19.4 Å². The van der Waals surface area contributed by atoms with Crippen LogP contribution in [0.4, 0.5) is 0 Å². The maximum absolute atomic E-state index is 12.6. The Balaban J connectivity index is 2.20. The van der Waals surface area contributed by atoms with Gasteiger partial charge in [-0.2, -0.15) is 0 Å². The second-order valence-electron chi connectivity index (χ2n) is 5.60. The van der Waals surface area contributed by atoms with Crippen LogP contribution in [0.25, 0.3) is 0 Å². The van der Waals surface area contributed by atoms with E-state index in [-0.39, 0.29) is 11.8 Å². The van der Waals surface area contributed by atoms with Gasteiger partial charge in [0.2, 0.25) is 5.88 Å². The first-order valence-electron chi connectivity index (χ1n) is 7.65. The number of aromatic nitrogens is 3. The lowest BCUT2D eigenvalue weighted by Crippen LogP contribution is -2.25. The number of thioether (sulfide) groups is 1. The standard InChI is InChI=1S/C17H22N4O2S/c1-10(2)15-20-11(3)14(17(21-15)24-5)16(22)19-9-12-6-7-18-13(8-12)23-4/h6-8,10H,9H2,1-5H3,(H,19,22). The summed E-state index contributed by atoms with van der Waals surface area (Å²) in [6.07, 6.45) is 3.57. The van der Waals surface area contributed by atoms with E-state index in [0.717, 1.165) is 11.4 Å². The van der Waals surface area contributed by atoms with Crippen LogP contribution < -0.4 is 10.1 Å². The zero-order valence-electron chi connectivity index (χ0n) is 14.6. The zero-order valence-corrected chi connectivity index (χ0v) is 15.4. The van der Waals surface area contributed by atoms with E-state index in [0.29, 0.717) is 28.7 Å². The zero-order chi connectivity index (χ0) is 17.7. The van der Waals surface area contributed by atoms with Gasteiger partial charge >= 0.3 is 0 Å². The van der Waals surface area contributed by atoms with Crippen molar-refractivity contribution >= 4 is 17.7 Å². The van der Waals surface area contributed by atoms with E-state index < -0.39 is 0 Å². The van der Waals surface area contributed by atoms with Crippen molar-refractivity contribution < 1.29 is 9.53 Å². The topological polar surface area (TPSA) is 77.0 Å². The maximum Gasteiger partial charge on any atom is 0.256 e. The molecular weight excluding hydrogens is 324 g/mol. The van der Waals surface area contributed by atoms with Crippen LogP contribution in [0.5, 0.6) is 5.88 Å². The summed E-state index contributed by atoms with van der Waals surface area (Å²) in [5, 5.41) is 3.62. The van der Waals surface area contributed by atoms with Gasteiger partial charge in [0.25, 0.3) is 5.91 Å². The quantitative estimate of drug-likeness (QED) is 0.640. The summed E-state index contributed by atoms with van der Waals surface area (Å²) >= 11 is 1.46. The highest BCUT2D eigenvalue weighted by Gasteiger charge is 2.19. The fraction of sp³-hybridized carbons (Fsp3) is 0.412. The molecule has 1 N–H and O–H groups in total. The number of amides is 1. The van der Waals surface area contributed by atoms with Crippen molar-refractivity contribution in [3.8, 4) is 5.88 Å². The summed E-state index contributed by atoms with van der Waals surface area (Å²) in [5.74, 6) is 1.32. The van der Waals surface area contributed by atoms with Crippen molar-refractivity contribution in [2.75, 3.05) is 13.4 Å². The number of rotatable bonds is 6. The molecule has 0 atom stereocenters. The van der Waals surface area contributed by atoms with Gasteiger partial charge in [-0.25, -0.2) is 15.0 Å². The molecule has 1 amide bonds. The number of pyridine rings is 1. The third kappa shape index (κ3) is 4.23. The molecule has 2 aromatic heterocycles. The molecular formula is C17H22N4O2S. The van der Waals surface area contributed by atoms with Gasteiger partial charge in [0.15, 0.2) is 0 Å². The monoisotopic (exact) mass is 346 g/mol. The van der Waals surface area contributed by atoms with E-state index in [1.165, 1.54) is 11.8 Å². The molecule has 2 rings (SSSR count). The Morgan fingerprint density at radius 1 is 1.38 bits per heavy atom. The van der Waals surface area contributed by atoms with Crippen LogP contribution in [0.2, 0.25) is 0 Å². The largest absolute Gasteiger partial charge is 0.481 e. The lowest BCUT2D eigenvalue weighted by Gasteiger charge is -2.13. The molecule has 0 spiro atoms. The van der Waals surface area contributed by atoms with E-state index in [4.69, 9.17) is 4.74 Å². The summed E-state index contributed by atoms with van der Waals surface area (Å²) in [4.78, 5) is 25.6. The minimum absolute atomic E-state index is 0.178. The Labute approximate surface area is 146 Å². The minimum Gasteiger partial charge on any atom is -0.481 e. The van der Waals surface area contributed by atoms with Crippen LogP contribution in [-0.2, 0) is 6.54 Å². The normalized spacial score (nSPS) is 10.8. The van der Waals surface area contributed by atoms with Gasteiger partial charge in [-0.15, -0.1) is 11.8 Å². The van der Waals surface area contributed by atoms with Gasteiger partial charge in [-0.3, -0.25) is 4.79 Å². The van der Waals surface area contributed by atoms with Gasteiger partial charge in [0.1, 0.15) is 10.9 Å². The van der Waals surface area contributed by atoms with Crippen molar-refractivity contribution in [2.24, 2.45) is 0 Å². The third-order valence-corrected chi connectivity index (χ3v) is 4.15. The van der Waals surface area contributed by atoms with Crippen LogP contribution in [-0.4, -0.2) is 34.2 Å². The number of nitrogens with zero attached hydrogens (tertiary/aromatic N) is 3. The Morgan fingerprint density at radius 3 is 2.75 bits per heavy atom. The molecule has 0 aliphatic heterocycles. The van der Waals surface area contributed by atoms with E-state index in [1.807, 2.05) is 33.1 Å². The fourth-order valence-electron chi connectivity index (χ4n) is 2.18. The number of nitrogens with one attached hydrogen (secondary N) is 1. The highest BCUT2D eigenvalue weighted by molar-refractivity contribution is 7.98. The summed E-state index contributed by atoms with van der Waals surface area (Å²) in [5.41, 5.74) is 2.15. The molecule has 0 bridgehead atoms. The van der Waals surface area contributed by atoms with Gasteiger partial charge in [0, 0.05) is 24.7 Å². The summed E-state index contributed by atoms with van der Waals surface area (Å²) in [6, 6.07) is 3.63. The van der Waals surface area contributed by atoms with Crippen LogP contribution >= 0.6 is 11.8 Å². The van der Waals surface area contributed by atoms with Crippen molar-refractivity contribution in [1.82, 2.24) is 20.3 Å². The summed E-state index contributed by atoms with van der Waals surface area (Å²) < 4.78 is 5.09. The van der Waals surface area contributed by atoms with Crippen LogP contribution in [0.15, 0.2) is 23.4 Å². The molecule has 0 unspecified atom stereocenters. The predicted octanol–water partition coefficient (Wildman–Crippen LogP) is 2.96. The molecule has 0 aliphatic rings. The molecule has 0 aromatic carbocycles. The Morgan fingerprint density at radius 2 is 2.12 bits per heavy atom. The first-order chi connectivity index (χ1) is 11.5. The van der Waals surface area contributed by atoms with Gasteiger partial charge in [-0.1, -0.05) is 13.8 Å². The number of aryl methyl sites for hydroxylation is 1. The first kappa shape index (κ1) is 18.2. The lowest BCUT2D eigenvalue weighted by atomic mass is 10.1. The smallest absolute Gasteiger partial charge is 0.256 e. The van der Waals surface area contributed by atoms with Crippen molar-refractivity contribution in [3.63, 3.8) is 0 Å². The van der Waals surface area contributed by atoms with Gasteiger partial charge < -0.3 is 10.1 Å². The Bertz CT molecular complexity index is 735. The summed E-state index contributed by atoms with van der Waals surface area (Å²) in [6.45, 7) is 6.31. The molecule has 128 valence electrons. The van der Waals surface area contributed by atoms with Crippen molar-refractivity contribution in [3.05, 3.63) is 41.0 Å². The van der Waals surface area contributed by atoms with Gasteiger partial charge in [0.05, 0.1) is 18.4 Å². The van der Waals surface area contributed by atoms with Crippen LogP contribution in [0, 0.1) is 6.92 Å². The lowest BCUT2D eigenvalue weighted by molar-refractivity contribution is 0.0946. The Hall–Kier alpha value is -2.15. The number of hydrogen-bond acceptors (Lipinski definition) is 6. The van der Waals surface area contributed by atoms with Crippen LogP contribution in [0.3, 0.4) is 0 Å². The van der Waals surface area contributed by atoms with E-state index in [2.05, 4.69) is 20.3 Å². The van der Waals surface area contributed by atoms with E-state index in [9.17, 15) is 4.79 Å². The molecule has 6 nitrogen and oxygen atoms in total. The second kappa shape index (κ2) is 8.10. The van der Waals surface area contributed by atoms with E-state index >= 15 is 0 Å². The molecule has 0 fully saturated rings. The molecule has 0 radical (unpaired) electrons. The molecule has 0 saturated heterocycles. The predicted molar refractivity (Wildman–Crippen MR) is 94.6 cm³/mol. The SMILES string of the molecule is COc1cc(CNC(=O)c2c(C)nc(C(C)C)nc2SC)ccn1. The number of methoxy groups -OCH3 is 1. The first-order valence-corrected chi connectivity index (χ1v) is 8.88. The average Bonchev–Trinajstić information content (AvgIpc) is 2.58. The molecule has 2 heterocycles. The molecule has 7 heteroatoms. The Kier molecular flexibility index (Phi) is 6.14. The van der Waals surface area contributed by atoms with Gasteiger partial charge in [-0.05, 0) is 24.8 Å². The number of hydrogen-bond donors (Lipinski definition) is 1. The van der Waals surface area contributed by atoms with Crippen molar-refractivity contribution in [1.29, 1.82) is 0 Å². The molecule has 24 heavy (non-hydrogen) atoms. The van der Waals surface area contributed by atoms with Crippen LogP contribution in [0.1, 0.15) is 47.2 Å². The number of ether oxygens (including phenoxy) is 1. The summed E-state index contributed by atoms with van der Waals surface area (Å²) in [7, 11) is 1.56. The van der Waals surface area contributed by atoms with Crippen molar-refractivity contribution in [2.45, 2.75) is 38.3 Å². The number of carbonyl (C=O) groups excluding carboxylic acids is 1. The molecule has 0 aliphatic carbocycles.